The molecule has 0 N–H and O–H groups in total. The highest BCUT2D eigenvalue weighted by atomic mass is 32.1. The molecule has 0 radical (unpaired) electrons. The van der Waals surface area contributed by atoms with E-state index in [2.05, 4.69) is 205 Å². The van der Waals surface area contributed by atoms with E-state index in [1.54, 1.807) is 0 Å². The highest BCUT2D eigenvalue weighted by Crippen LogP contribution is 2.44. The minimum absolute atomic E-state index is 0.598. The number of nitrogens with zero attached hydrogens (tertiary/aromatic N) is 4. The average molecular weight is 903 g/mol. The number of aromatic nitrogens is 4. The van der Waals surface area contributed by atoms with E-state index < -0.39 is 0 Å². The Morgan fingerprint density at radius 1 is 0.338 bits per heavy atom. The highest BCUT2D eigenvalue weighted by Gasteiger charge is 2.22. The molecule has 0 fully saturated rings. The number of rotatable bonds is 5. The minimum atomic E-state index is 0.598. The van der Waals surface area contributed by atoms with Gasteiger partial charge < -0.3 is 8.98 Å². The summed E-state index contributed by atoms with van der Waals surface area (Å²) >= 11 is 3.62. The fourth-order valence-electron chi connectivity index (χ4n) is 10.5. The standard InChI is InChI=1S/C61H34N4OS2/c1-2-13-36-34-51-45(30-35(36)12-1)40-14-3-7-19-49(40)65(51)50-27-24-37(31-46(50)43-18-11-21-53-58(43)44-17-4-8-20-52(44)66-53)59-62-60(38-25-28-56-47(32-38)41-15-5-9-22-54(41)67-56)64-61(63-59)39-26-29-57-48(33-39)42-16-6-10-23-55(42)68-57/h1-34H. The first-order chi connectivity index (χ1) is 33.7. The van der Waals surface area contributed by atoms with Gasteiger partial charge in [-0.3, -0.25) is 0 Å². The second-order valence-electron chi connectivity index (χ2n) is 17.5. The van der Waals surface area contributed by atoms with Crippen LogP contribution in [-0.2, 0) is 0 Å². The first-order valence-electron chi connectivity index (χ1n) is 22.7. The van der Waals surface area contributed by atoms with E-state index in [0.29, 0.717) is 17.5 Å². The van der Waals surface area contributed by atoms with Crippen molar-refractivity contribution >= 4 is 118 Å². The second kappa shape index (κ2) is 14.5. The van der Waals surface area contributed by atoms with E-state index in [0.717, 1.165) is 66.5 Å². The fraction of sp³-hybridized carbons (Fsp3) is 0. The zero-order valence-corrected chi connectivity index (χ0v) is 37.8. The molecule has 316 valence electrons. The molecule has 10 aromatic carbocycles. The third kappa shape index (κ3) is 5.70. The van der Waals surface area contributed by atoms with Crippen LogP contribution in [0.3, 0.4) is 0 Å². The van der Waals surface area contributed by atoms with E-state index in [-0.39, 0.29) is 0 Å². The molecule has 7 heteroatoms. The van der Waals surface area contributed by atoms with Crippen molar-refractivity contribution in [2.24, 2.45) is 0 Å². The molecule has 0 aliphatic carbocycles. The van der Waals surface area contributed by atoms with Crippen molar-refractivity contribution < 1.29 is 4.42 Å². The molecule has 5 heterocycles. The fourth-order valence-corrected chi connectivity index (χ4v) is 12.7. The molecule has 5 nitrogen and oxygen atoms in total. The highest BCUT2D eigenvalue weighted by molar-refractivity contribution is 7.26. The van der Waals surface area contributed by atoms with Crippen molar-refractivity contribution in [1.82, 2.24) is 19.5 Å². The maximum Gasteiger partial charge on any atom is 0.164 e. The van der Waals surface area contributed by atoms with Crippen LogP contribution < -0.4 is 0 Å². The normalized spacial score (nSPS) is 12.1. The molecule has 0 unspecified atom stereocenters. The van der Waals surface area contributed by atoms with Crippen LogP contribution in [0.4, 0.5) is 0 Å². The molecule has 0 spiro atoms. The third-order valence-electron chi connectivity index (χ3n) is 13.6. The zero-order valence-electron chi connectivity index (χ0n) is 36.1. The zero-order chi connectivity index (χ0) is 44.5. The molecule has 0 saturated heterocycles. The molecule has 0 aliphatic rings. The monoisotopic (exact) mass is 902 g/mol. The van der Waals surface area contributed by atoms with E-state index in [1.807, 2.05) is 28.7 Å². The molecule has 15 rings (SSSR count). The first kappa shape index (κ1) is 37.7. The Bertz CT molecular complexity index is 4460. The molecule has 15 aromatic rings. The van der Waals surface area contributed by atoms with Gasteiger partial charge in [0, 0.05) is 84.1 Å². The number of hydrogen-bond donors (Lipinski definition) is 0. The van der Waals surface area contributed by atoms with Crippen molar-refractivity contribution in [2.75, 3.05) is 0 Å². The van der Waals surface area contributed by atoms with Crippen molar-refractivity contribution in [3.8, 4) is 51.0 Å². The summed E-state index contributed by atoms with van der Waals surface area (Å²) in [6.45, 7) is 0. The summed E-state index contributed by atoms with van der Waals surface area (Å²) < 4.78 is 14.0. The van der Waals surface area contributed by atoms with Gasteiger partial charge >= 0.3 is 0 Å². The molecule has 0 saturated carbocycles. The number of thiophene rings is 2. The van der Waals surface area contributed by atoms with E-state index in [1.165, 1.54) is 61.9 Å². The lowest BCUT2D eigenvalue weighted by atomic mass is 9.95. The quantitative estimate of drug-likeness (QED) is 0.173. The largest absolute Gasteiger partial charge is 0.456 e. The Morgan fingerprint density at radius 2 is 0.868 bits per heavy atom. The lowest BCUT2D eigenvalue weighted by molar-refractivity contribution is 0.669. The topological polar surface area (TPSA) is 56.7 Å². The summed E-state index contributed by atoms with van der Waals surface area (Å²) in [7, 11) is 0. The summed E-state index contributed by atoms with van der Waals surface area (Å²) in [4.78, 5) is 16.1. The molecule has 0 atom stereocenters. The van der Waals surface area contributed by atoms with Crippen molar-refractivity contribution in [1.29, 1.82) is 0 Å². The van der Waals surface area contributed by atoms with E-state index >= 15 is 0 Å². The maximum atomic E-state index is 6.54. The maximum absolute atomic E-state index is 6.54. The van der Waals surface area contributed by atoms with Crippen LogP contribution in [-0.4, -0.2) is 19.5 Å². The Balaban J connectivity index is 1.01. The molecular formula is C61H34N4OS2. The first-order valence-corrected chi connectivity index (χ1v) is 24.4. The average Bonchev–Trinajstić information content (AvgIpc) is 4.16. The Kier molecular flexibility index (Phi) is 8.04. The van der Waals surface area contributed by atoms with Crippen molar-refractivity contribution in [3.63, 3.8) is 0 Å². The Morgan fingerprint density at radius 3 is 1.56 bits per heavy atom. The third-order valence-corrected chi connectivity index (χ3v) is 15.9. The summed E-state index contributed by atoms with van der Waals surface area (Å²) in [5.74, 6) is 1.85. The minimum Gasteiger partial charge on any atom is -0.456 e. The lowest BCUT2D eigenvalue weighted by Crippen LogP contribution is -2.02. The smallest absolute Gasteiger partial charge is 0.164 e. The number of fused-ring (bicyclic) bond motifs is 13. The number of benzene rings is 10. The van der Waals surface area contributed by atoms with Crippen LogP contribution >= 0.6 is 22.7 Å². The SMILES string of the molecule is c1ccc2cc3c(cc2c1)c1ccccc1n3-c1ccc(-c2nc(-c3ccc4sc5ccccc5c4c3)nc(-c3ccc4sc5ccccc5c4c3)n2)cc1-c1cccc2oc3ccccc3c12. The van der Waals surface area contributed by atoms with Gasteiger partial charge in [0.15, 0.2) is 17.5 Å². The van der Waals surface area contributed by atoms with Crippen molar-refractivity contribution in [2.45, 2.75) is 0 Å². The molecule has 68 heavy (non-hydrogen) atoms. The Hall–Kier alpha value is -8.49. The van der Waals surface area contributed by atoms with Gasteiger partial charge in [-0.25, -0.2) is 15.0 Å². The van der Waals surface area contributed by atoms with E-state index in [4.69, 9.17) is 19.4 Å². The van der Waals surface area contributed by atoms with Gasteiger partial charge in [0.1, 0.15) is 11.2 Å². The Labute approximate surface area is 396 Å². The predicted octanol–water partition coefficient (Wildman–Crippen LogP) is 17.4. The van der Waals surface area contributed by atoms with Gasteiger partial charge in [-0.1, -0.05) is 109 Å². The molecule has 5 aromatic heterocycles. The van der Waals surface area contributed by atoms with Crippen LogP contribution in [0, 0.1) is 0 Å². The van der Waals surface area contributed by atoms with Gasteiger partial charge in [0.05, 0.1) is 16.7 Å². The molecule has 0 bridgehead atoms. The van der Waals surface area contributed by atoms with Crippen LogP contribution in [0.15, 0.2) is 211 Å². The van der Waals surface area contributed by atoms with Gasteiger partial charge in [-0.05, 0) is 113 Å². The number of para-hydroxylation sites is 2. The van der Waals surface area contributed by atoms with Crippen LogP contribution in [0.2, 0.25) is 0 Å². The van der Waals surface area contributed by atoms with Crippen molar-refractivity contribution in [3.05, 3.63) is 206 Å². The number of furan rings is 1. The lowest BCUT2D eigenvalue weighted by Gasteiger charge is -2.17. The number of hydrogen-bond acceptors (Lipinski definition) is 6. The van der Waals surface area contributed by atoms with Gasteiger partial charge in [-0.15, -0.1) is 22.7 Å². The summed E-state index contributed by atoms with van der Waals surface area (Å²) in [5, 5.41) is 11.8. The van der Waals surface area contributed by atoms with Gasteiger partial charge in [-0.2, -0.15) is 0 Å². The van der Waals surface area contributed by atoms with Crippen LogP contribution in [0.25, 0.3) is 146 Å². The molecular weight excluding hydrogens is 869 g/mol. The summed E-state index contributed by atoms with van der Waals surface area (Å²) in [5.41, 5.74) is 9.88. The van der Waals surface area contributed by atoms with Gasteiger partial charge in [0.2, 0.25) is 0 Å². The predicted molar refractivity (Wildman–Crippen MR) is 286 cm³/mol. The molecule has 0 amide bonds. The van der Waals surface area contributed by atoms with E-state index in [9.17, 15) is 0 Å². The van der Waals surface area contributed by atoms with Crippen LogP contribution in [0.1, 0.15) is 0 Å². The molecule has 0 aliphatic heterocycles. The summed E-state index contributed by atoms with van der Waals surface area (Å²) in [6, 6.07) is 73.9. The van der Waals surface area contributed by atoms with Crippen LogP contribution in [0.5, 0.6) is 0 Å². The second-order valence-corrected chi connectivity index (χ2v) is 19.7. The van der Waals surface area contributed by atoms with Gasteiger partial charge in [0.25, 0.3) is 0 Å². The summed E-state index contributed by atoms with van der Waals surface area (Å²) in [6.07, 6.45) is 0.